The van der Waals surface area contributed by atoms with E-state index in [0.29, 0.717) is 11.5 Å². The van der Waals surface area contributed by atoms with Crippen LogP contribution in [-0.4, -0.2) is 43.3 Å². The fraction of sp³-hybridized carbons (Fsp3) is 0.308. The molecule has 0 aliphatic heterocycles. The number of tetrazole rings is 1. The quantitative estimate of drug-likeness (QED) is 0.760. The van der Waals surface area contributed by atoms with E-state index in [1.807, 2.05) is 18.2 Å². The largest absolute Gasteiger partial charge is 0.357 e. The molecular formula is C13H16N8. The summed E-state index contributed by atoms with van der Waals surface area (Å²) in [7, 11) is 0. The Labute approximate surface area is 121 Å². The Morgan fingerprint density at radius 3 is 2.71 bits per heavy atom. The third kappa shape index (κ3) is 2.73. The lowest BCUT2D eigenvalue weighted by Gasteiger charge is -2.19. The van der Waals surface area contributed by atoms with Crippen molar-refractivity contribution >= 4 is 23.0 Å². The number of aromatic nitrogens is 6. The predicted molar refractivity (Wildman–Crippen MR) is 79.7 cm³/mol. The first-order valence-electron chi connectivity index (χ1n) is 6.83. The van der Waals surface area contributed by atoms with Crippen LogP contribution in [0, 0.1) is 0 Å². The molecule has 21 heavy (non-hydrogen) atoms. The number of nitrogens with one attached hydrogen (secondary N) is 1. The molecule has 1 N–H and O–H groups in total. The van der Waals surface area contributed by atoms with Gasteiger partial charge < -0.3 is 10.2 Å². The maximum absolute atomic E-state index is 4.46. The minimum atomic E-state index is 0.607. The maximum Gasteiger partial charge on any atom is 0.200 e. The van der Waals surface area contributed by atoms with Crippen molar-refractivity contribution in [3.8, 4) is 0 Å². The second kappa shape index (κ2) is 5.70. The van der Waals surface area contributed by atoms with Crippen LogP contribution in [0.3, 0.4) is 0 Å². The molecule has 0 unspecified atom stereocenters. The highest BCUT2D eigenvalue weighted by Gasteiger charge is 2.04. The molecule has 0 saturated carbocycles. The second-order valence-electron chi connectivity index (χ2n) is 4.45. The summed E-state index contributed by atoms with van der Waals surface area (Å²) < 4.78 is 1.38. The van der Waals surface area contributed by atoms with Gasteiger partial charge in [0.1, 0.15) is 5.82 Å². The van der Waals surface area contributed by atoms with Gasteiger partial charge in [-0.3, -0.25) is 0 Å². The fourth-order valence-electron chi connectivity index (χ4n) is 2.06. The summed E-state index contributed by atoms with van der Waals surface area (Å²) in [6.07, 6.45) is 1.79. The molecule has 3 aromatic heterocycles. The standard InChI is InChI=1S/C13H16N8/c1-3-20(4-2)12-7-5-10(9-14-12)15-11-6-8-13-16-18-19-21(13)17-11/h5-9H,3-4H2,1-2H3,(H,15,17). The highest BCUT2D eigenvalue weighted by molar-refractivity contribution is 5.57. The van der Waals surface area contributed by atoms with E-state index in [4.69, 9.17) is 0 Å². The van der Waals surface area contributed by atoms with Gasteiger partial charge in [0.25, 0.3) is 0 Å². The molecule has 0 saturated heterocycles. The van der Waals surface area contributed by atoms with E-state index in [2.05, 4.69) is 49.7 Å². The molecule has 0 bridgehead atoms. The molecule has 0 aliphatic carbocycles. The highest BCUT2D eigenvalue weighted by atomic mass is 15.6. The van der Waals surface area contributed by atoms with Gasteiger partial charge in [-0.15, -0.1) is 14.8 Å². The minimum Gasteiger partial charge on any atom is -0.357 e. The number of anilines is 3. The molecule has 8 nitrogen and oxygen atoms in total. The van der Waals surface area contributed by atoms with Gasteiger partial charge in [-0.1, -0.05) is 0 Å². The van der Waals surface area contributed by atoms with Crippen LogP contribution < -0.4 is 10.2 Å². The number of rotatable bonds is 5. The van der Waals surface area contributed by atoms with Gasteiger partial charge in [-0.2, -0.15) is 0 Å². The summed E-state index contributed by atoms with van der Waals surface area (Å²) in [5, 5.41) is 18.6. The minimum absolute atomic E-state index is 0.607. The summed E-state index contributed by atoms with van der Waals surface area (Å²) in [4.78, 5) is 6.65. The summed E-state index contributed by atoms with van der Waals surface area (Å²) in [6.45, 7) is 6.10. The number of fused-ring (bicyclic) bond motifs is 1. The van der Waals surface area contributed by atoms with Crippen molar-refractivity contribution in [2.24, 2.45) is 0 Å². The van der Waals surface area contributed by atoms with E-state index in [9.17, 15) is 0 Å². The first-order chi connectivity index (χ1) is 10.3. The summed E-state index contributed by atoms with van der Waals surface area (Å²) >= 11 is 0. The van der Waals surface area contributed by atoms with Crippen LogP contribution in [0.15, 0.2) is 30.5 Å². The maximum atomic E-state index is 4.46. The number of pyridine rings is 1. The van der Waals surface area contributed by atoms with Crippen molar-refractivity contribution in [3.05, 3.63) is 30.5 Å². The first kappa shape index (κ1) is 13.2. The van der Waals surface area contributed by atoms with E-state index in [1.54, 1.807) is 12.3 Å². The van der Waals surface area contributed by atoms with E-state index in [1.165, 1.54) is 4.63 Å². The van der Waals surface area contributed by atoms with Gasteiger partial charge in [-0.05, 0) is 48.5 Å². The van der Waals surface area contributed by atoms with Gasteiger partial charge >= 0.3 is 0 Å². The Balaban J connectivity index is 1.78. The van der Waals surface area contributed by atoms with Crippen LogP contribution in [0.25, 0.3) is 5.65 Å². The molecular weight excluding hydrogens is 268 g/mol. The fourth-order valence-corrected chi connectivity index (χ4v) is 2.06. The Hall–Kier alpha value is -2.77. The molecule has 0 atom stereocenters. The van der Waals surface area contributed by atoms with Crippen molar-refractivity contribution in [2.45, 2.75) is 13.8 Å². The van der Waals surface area contributed by atoms with Crippen molar-refractivity contribution < 1.29 is 0 Å². The molecule has 0 radical (unpaired) electrons. The third-order valence-corrected chi connectivity index (χ3v) is 3.18. The molecule has 3 heterocycles. The van der Waals surface area contributed by atoms with Crippen LogP contribution in [0.1, 0.15) is 13.8 Å². The van der Waals surface area contributed by atoms with E-state index in [0.717, 1.165) is 24.6 Å². The molecule has 108 valence electrons. The normalized spacial score (nSPS) is 10.8. The zero-order valence-electron chi connectivity index (χ0n) is 11.9. The summed E-state index contributed by atoms with van der Waals surface area (Å²) in [5.74, 6) is 1.63. The van der Waals surface area contributed by atoms with E-state index in [-0.39, 0.29) is 0 Å². The zero-order chi connectivity index (χ0) is 14.7. The molecule has 0 amide bonds. The van der Waals surface area contributed by atoms with Gasteiger partial charge in [0, 0.05) is 13.1 Å². The Bertz CT molecular complexity index is 716. The zero-order valence-corrected chi connectivity index (χ0v) is 11.9. The average molecular weight is 284 g/mol. The smallest absolute Gasteiger partial charge is 0.200 e. The van der Waals surface area contributed by atoms with Crippen molar-refractivity contribution in [3.63, 3.8) is 0 Å². The van der Waals surface area contributed by atoms with Crippen LogP contribution in [0.2, 0.25) is 0 Å². The lowest BCUT2D eigenvalue weighted by atomic mass is 10.3. The number of hydrogen-bond acceptors (Lipinski definition) is 7. The number of nitrogens with zero attached hydrogens (tertiary/aromatic N) is 7. The second-order valence-corrected chi connectivity index (χ2v) is 4.45. The van der Waals surface area contributed by atoms with Crippen LogP contribution in [0.4, 0.5) is 17.3 Å². The lowest BCUT2D eigenvalue weighted by molar-refractivity contribution is 0.736. The Morgan fingerprint density at radius 1 is 1.14 bits per heavy atom. The predicted octanol–water partition coefficient (Wildman–Crippen LogP) is 1.50. The van der Waals surface area contributed by atoms with Gasteiger partial charge in [-0.25, -0.2) is 4.98 Å². The molecule has 0 aliphatic rings. The van der Waals surface area contributed by atoms with Gasteiger partial charge in [0.15, 0.2) is 11.5 Å². The topological polar surface area (TPSA) is 84.1 Å². The number of hydrogen-bond donors (Lipinski definition) is 1. The Morgan fingerprint density at radius 2 is 2.00 bits per heavy atom. The lowest BCUT2D eigenvalue weighted by Crippen LogP contribution is -2.22. The van der Waals surface area contributed by atoms with Crippen molar-refractivity contribution in [2.75, 3.05) is 23.3 Å². The van der Waals surface area contributed by atoms with E-state index >= 15 is 0 Å². The third-order valence-electron chi connectivity index (χ3n) is 3.18. The first-order valence-corrected chi connectivity index (χ1v) is 6.83. The monoisotopic (exact) mass is 284 g/mol. The van der Waals surface area contributed by atoms with Gasteiger partial charge in [0.05, 0.1) is 11.9 Å². The van der Waals surface area contributed by atoms with Crippen LogP contribution in [0.5, 0.6) is 0 Å². The summed E-state index contributed by atoms with van der Waals surface area (Å²) in [6, 6.07) is 7.59. The average Bonchev–Trinajstić information content (AvgIpc) is 2.98. The van der Waals surface area contributed by atoms with Crippen molar-refractivity contribution in [1.82, 2.24) is 30.2 Å². The van der Waals surface area contributed by atoms with Crippen LogP contribution >= 0.6 is 0 Å². The summed E-state index contributed by atoms with van der Waals surface area (Å²) in [5.41, 5.74) is 1.47. The molecule has 0 fully saturated rings. The molecule has 0 aromatic carbocycles. The SMILES string of the molecule is CCN(CC)c1ccc(Nc2ccc3nnnn3n2)cn1. The Kier molecular flexibility index (Phi) is 3.59. The molecule has 3 rings (SSSR count). The molecule has 8 heteroatoms. The van der Waals surface area contributed by atoms with Crippen molar-refractivity contribution in [1.29, 1.82) is 0 Å². The van der Waals surface area contributed by atoms with Gasteiger partial charge in [0.2, 0.25) is 0 Å². The molecule has 0 spiro atoms. The molecule has 3 aromatic rings. The van der Waals surface area contributed by atoms with Crippen LogP contribution in [-0.2, 0) is 0 Å². The highest BCUT2D eigenvalue weighted by Crippen LogP contribution is 2.17. The van der Waals surface area contributed by atoms with E-state index < -0.39 is 0 Å².